The number of nitrogens with one attached hydrogen (secondary N) is 1. The molecule has 3 N–H and O–H groups in total. The molecule has 6 heteroatoms. The van der Waals surface area contributed by atoms with Gasteiger partial charge in [0.05, 0.1) is 6.04 Å². The predicted molar refractivity (Wildman–Crippen MR) is 87.6 cm³/mol. The minimum Gasteiger partial charge on any atom is -0.488 e. The van der Waals surface area contributed by atoms with E-state index in [1.165, 1.54) is 6.07 Å². The lowest BCUT2D eigenvalue weighted by molar-refractivity contribution is -0.123. The van der Waals surface area contributed by atoms with Gasteiger partial charge in [-0.3, -0.25) is 4.79 Å². The van der Waals surface area contributed by atoms with Gasteiger partial charge in [-0.05, 0) is 31.5 Å². The lowest BCUT2D eigenvalue weighted by Crippen LogP contribution is -2.42. The zero-order valence-corrected chi connectivity index (χ0v) is 13.6. The summed E-state index contributed by atoms with van der Waals surface area (Å²) < 4.78 is 31.6. The zero-order valence-electron chi connectivity index (χ0n) is 13.6. The number of hydrogen-bond donors (Lipinski definition) is 2. The first-order chi connectivity index (χ1) is 11.4. The highest BCUT2D eigenvalue weighted by molar-refractivity contribution is 5.83. The number of rotatable bonds is 6. The fourth-order valence-corrected chi connectivity index (χ4v) is 2.11. The molecule has 0 heterocycles. The Bertz CT molecular complexity index is 705. The molecule has 0 saturated carbocycles. The van der Waals surface area contributed by atoms with E-state index in [0.29, 0.717) is 5.56 Å². The third kappa shape index (κ3) is 4.76. The molecule has 0 aliphatic rings. The second-order valence-corrected chi connectivity index (χ2v) is 5.68. The lowest BCUT2D eigenvalue weighted by Gasteiger charge is -2.18. The molecule has 2 rings (SSSR count). The van der Waals surface area contributed by atoms with E-state index < -0.39 is 23.7 Å². The van der Waals surface area contributed by atoms with Crippen molar-refractivity contribution in [3.63, 3.8) is 0 Å². The van der Waals surface area contributed by atoms with E-state index in [4.69, 9.17) is 10.5 Å². The SMILES string of the molecule is Cc1ccc(C(N)C(=O)NC(C)COc2ccc(F)cc2F)cc1. The summed E-state index contributed by atoms with van der Waals surface area (Å²) in [6.07, 6.45) is 0. The number of amides is 1. The second-order valence-electron chi connectivity index (χ2n) is 5.68. The standard InChI is InChI=1S/C18H20F2N2O2/c1-11-3-5-13(6-4-11)17(21)18(23)22-12(2)10-24-16-8-7-14(19)9-15(16)20/h3-9,12,17H,10,21H2,1-2H3,(H,22,23). The van der Waals surface area contributed by atoms with E-state index in [-0.39, 0.29) is 18.3 Å². The van der Waals surface area contributed by atoms with E-state index in [2.05, 4.69) is 5.32 Å². The highest BCUT2D eigenvalue weighted by atomic mass is 19.1. The maximum Gasteiger partial charge on any atom is 0.241 e. The van der Waals surface area contributed by atoms with E-state index in [1.807, 2.05) is 19.1 Å². The van der Waals surface area contributed by atoms with Crippen LogP contribution in [0.15, 0.2) is 42.5 Å². The van der Waals surface area contributed by atoms with Gasteiger partial charge < -0.3 is 15.8 Å². The molecule has 2 atom stereocenters. The van der Waals surface area contributed by atoms with Crippen molar-refractivity contribution in [2.45, 2.75) is 25.9 Å². The number of ether oxygens (including phenoxy) is 1. The number of hydrogen-bond acceptors (Lipinski definition) is 3. The first kappa shape index (κ1) is 17.9. The summed E-state index contributed by atoms with van der Waals surface area (Å²) in [7, 11) is 0. The minimum absolute atomic E-state index is 0.0366. The number of carbonyl (C=O) groups excluding carboxylic acids is 1. The first-order valence-electron chi connectivity index (χ1n) is 7.57. The molecule has 1 amide bonds. The topological polar surface area (TPSA) is 64.4 Å². The summed E-state index contributed by atoms with van der Waals surface area (Å²) in [5.74, 6) is -1.88. The van der Waals surface area contributed by atoms with Crippen molar-refractivity contribution in [3.8, 4) is 5.75 Å². The van der Waals surface area contributed by atoms with Crippen LogP contribution in [0.25, 0.3) is 0 Å². The Hall–Kier alpha value is -2.47. The Morgan fingerprint density at radius 1 is 1.21 bits per heavy atom. The van der Waals surface area contributed by atoms with Gasteiger partial charge in [-0.1, -0.05) is 29.8 Å². The molecule has 0 fully saturated rings. The van der Waals surface area contributed by atoms with Crippen LogP contribution in [-0.2, 0) is 4.79 Å². The fraction of sp³-hybridized carbons (Fsp3) is 0.278. The molecule has 0 bridgehead atoms. The van der Waals surface area contributed by atoms with Crippen molar-refractivity contribution in [1.82, 2.24) is 5.32 Å². The Labute approximate surface area is 139 Å². The van der Waals surface area contributed by atoms with Crippen LogP contribution in [-0.4, -0.2) is 18.6 Å². The van der Waals surface area contributed by atoms with Gasteiger partial charge in [0.15, 0.2) is 11.6 Å². The summed E-state index contributed by atoms with van der Waals surface area (Å²) >= 11 is 0. The minimum atomic E-state index is -0.796. The van der Waals surface area contributed by atoms with Crippen LogP contribution >= 0.6 is 0 Å². The molecule has 2 unspecified atom stereocenters. The summed E-state index contributed by atoms with van der Waals surface area (Å²) in [5, 5.41) is 2.71. The van der Waals surface area contributed by atoms with Gasteiger partial charge in [-0.2, -0.15) is 0 Å². The summed E-state index contributed by atoms with van der Waals surface area (Å²) in [5.41, 5.74) is 7.71. The smallest absolute Gasteiger partial charge is 0.241 e. The highest BCUT2D eigenvalue weighted by Gasteiger charge is 2.18. The van der Waals surface area contributed by atoms with Crippen molar-refractivity contribution >= 4 is 5.91 Å². The monoisotopic (exact) mass is 334 g/mol. The number of carbonyl (C=O) groups is 1. The van der Waals surface area contributed by atoms with Gasteiger partial charge in [-0.25, -0.2) is 8.78 Å². The maximum absolute atomic E-state index is 13.5. The maximum atomic E-state index is 13.5. The normalized spacial score (nSPS) is 13.2. The van der Waals surface area contributed by atoms with Crippen LogP contribution in [0.5, 0.6) is 5.75 Å². The third-order valence-electron chi connectivity index (χ3n) is 3.49. The Morgan fingerprint density at radius 2 is 1.88 bits per heavy atom. The van der Waals surface area contributed by atoms with Crippen LogP contribution in [0.2, 0.25) is 0 Å². The highest BCUT2D eigenvalue weighted by Crippen LogP contribution is 2.18. The molecular weight excluding hydrogens is 314 g/mol. The van der Waals surface area contributed by atoms with E-state index in [0.717, 1.165) is 17.7 Å². The van der Waals surface area contributed by atoms with Crippen molar-refractivity contribution in [3.05, 3.63) is 65.2 Å². The van der Waals surface area contributed by atoms with E-state index in [9.17, 15) is 13.6 Å². The van der Waals surface area contributed by atoms with Crippen molar-refractivity contribution in [2.75, 3.05) is 6.61 Å². The van der Waals surface area contributed by atoms with Gasteiger partial charge in [0.25, 0.3) is 0 Å². The molecule has 4 nitrogen and oxygen atoms in total. The van der Waals surface area contributed by atoms with Crippen molar-refractivity contribution in [1.29, 1.82) is 0 Å². The van der Waals surface area contributed by atoms with Crippen molar-refractivity contribution < 1.29 is 18.3 Å². The van der Waals surface area contributed by atoms with Crippen LogP contribution < -0.4 is 15.8 Å². The molecule has 2 aromatic rings. The second kappa shape index (κ2) is 7.88. The first-order valence-corrected chi connectivity index (χ1v) is 7.57. The largest absolute Gasteiger partial charge is 0.488 e. The quantitative estimate of drug-likeness (QED) is 0.854. The Morgan fingerprint density at radius 3 is 2.50 bits per heavy atom. The molecule has 0 aliphatic heterocycles. The van der Waals surface area contributed by atoms with Crippen LogP contribution in [0.4, 0.5) is 8.78 Å². The summed E-state index contributed by atoms with van der Waals surface area (Å²) in [6, 6.07) is 9.23. The molecule has 0 aliphatic carbocycles. The number of aryl methyl sites for hydroxylation is 1. The summed E-state index contributed by atoms with van der Waals surface area (Å²) in [6.45, 7) is 3.69. The number of halogens is 2. The third-order valence-corrected chi connectivity index (χ3v) is 3.49. The number of nitrogens with two attached hydrogens (primary N) is 1. The fourth-order valence-electron chi connectivity index (χ4n) is 2.11. The van der Waals surface area contributed by atoms with E-state index in [1.54, 1.807) is 19.1 Å². The molecule has 0 spiro atoms. The van der Waals surface area contributed by atoms with Gasteiger partial charge in [0.2, 0.25) is 5.91 Å². The van der Waals surface area contributed by atoms with Gasteiger partial charge >= 0.3 is 0 Å². The molecule has 24 heavy (non-hydrogen) atoms. The average Bonchev–Trinajstić information content (AvgIpc) is 2.54. The lowest BCUT2D eigenvalue weighted by atomic mass is 10.1. The molecule has 0 aromatic heterocycles. The zero-order chi connectivity index (χ0) is 17.7. The number of benzene rings is 2. The van der Waals surface area contributed by atoms with Crippen LogP contribution in [0.3, 0.4) is 0 Å². The van der Waals surface area contributed by atoms with Gasteiger partial charge in [0, 0.05) is 6.07 Å². The van der Waals surface area contributed by atoms with E-state index >= 15 is 0 Å². The van der Waals surface area contributed by atoms with Crippen molar-refractivity contribution in [2.24, 2.45) is 5.73 Å². The predicted octanol–water partition coefficient (Wildman–Crippen LogP) is 2.86. The van der Waals surface area contributed by atoms with Gasteiger partial charge in [0.1, 0.15) is 18.5 Å². The summed E-state index contributed by atoms with van der Waals surface area (Å²) in [4.78, 5) is 12.1. The molecule has 0 saturated heterocycles. The molecule has 0 radical (unpaired) electrons. The Balaban J connectivity index is 1.88. The molecule has 2 aromatic carbocycles. The average molecular weight is 334 g/mol. The molecular formula is C18H20F2N2O2. The van der Waals surface area contributed by atoms with Crippen LogP contribution in [0.1, 0.15) is 24.1 Å². The van der Waals surface area contributed by atoms with Crippen LogP contribution in [0, 0.1) is 18.6 Å². The van der Waals surface area contributed by atoms with Gasteiger partial charge in [-0.15, -0.1) is 0 Å². The Kier molecular flexibility index (Phi) is 5.87. The molecule has 128 valence electrons.